The Kier molecular flexibility index (Phi) is 5.58. The summed E-state index contributed by atoms with van der Waals surface area (Å²) in [5.41, 5.74) is -0.817. The highest BCUT2D eigenvalue weighted by molar-refractivity contribution is 5.99. The van der Waals surface area contributed by atoms with E-state index in [0.717, 1.165) is 12.1 Å². The van der Waals surface area contributed by atoms with Crippen LogP contribution in [0.25, 0.3) is 0 Å². The van der Waals surface area contributed by atoms with Gasteiger partial charge >= 0.3 is 6.18 Å². The molecule has 1 saturated heterocycles. The molecule has 0 radical (unpaired) electrons. The van der Waals surface area contributed by atoms with Crippen molar-refractivity contribution in [3.8, 4) is 5.75 Å². The molecular formula is C20H19F3N2O3. The van der Waals surface area contributed by atoms with E-state index in [1.54, 1.807) is 24.3 Å². The summed E-state index contributed by atoms with van der Waals surface area (Å²) in [6.07, 6.45) is -4.61. The Balaban J connectivity index is 1.70. The lowest BCUT2D eigenvalue weighted by molar-refractivity contribution is -0.138. The molecule has 2 aromatic rings. The number of ether oxygens (including phenoxy) is 1. The monoisotopic (exact) mass is 392 g/mol. The zero-order valence-electron chi connectivity index (χ0n) is 15.1. The third-order valence-electron chi connectivity index (χ3n) is 4.40. The average Bonchev–Trinajstić information content (AvgIpc) is 3.02. The Labute approximate surface area is 160 Å². The second kappa shape index (κ2) is 7.92. The zero-order valence-corrected chi connectivity index (χ0v) is 15.1. The van der Waals surface area contributed by atoms with Crippen LogP contribution in [0.2, 0.25) is 0 Å². The average molecular weight is 392 g/mol. The topological polar surface area (TPSA) is 58.6 Å². The van der Waals surface area contributed by atoms with E-state index in [9.17, 15) is 22.8 Å². The molecular weight excluding hydrogens is 373 g/mol. The molecule has 1 atom stereocenters. The van der Waals surface area contributed by atoms with Crippen molar-refractivity contribution in [2.45, 2.75) is 25.6 Å². The smallest absolute Gasteiger partial charge is 0.417 e. The van der Waals surface area contributed by atoms with Crippen LogP contribution in [0.4, 0.5) is 18.9 Å². The lowest BCUT2D eigenvalue weighted by Crippen LogP contribution is -2.38. The number of alkyl halides is 3. The Hall–Kier alpha value is -3.03. The maximum absolute atomic E-state index is 13.1. The summed E-state index contributed by atoms with van der Waals surface area (Å²) in [7, 11) is 0. The number of amides is 2. The Morgan fingerprint density at radius 3 is 2.50 bits per heavy atom. The summed E-state index contributed by atoms with van der Waals surface area (Å²) in [6, 6.07) is 10.9. The van der Waals surface area contributed by atoms with Gasteiger partial charge in [-0.05, 0) is 43.3 Å². The van der Waals surface area contributed by atoms with Gasteiger partial charge in [-0.1, -0.05) is 12.1 Å². The summed E-state index contributed by atoms with van der Waals surface area (Å²) in [6.45, 7) is 2.57. The zero-order chi connectivity index (χ0) is 20.3. The molecule has 0 spiro atoms. The summed E-state index contributed by atoms with van der Waals surface area (Å²) in [4.78, 5) is 26.2. The molecule has 0 bridgehead atoms. The molecule has 8 heteroatoms. The van der Waals surface area contributed by atoms with Crippen molar-refractivity contribution < 1.29 is 27.5 Å². The third kappa shape index (κ3) is 4.27. The SMILES string of the molecule is CCOc1ccc(N2C[C@H](NC(=O)c3ccccc3C(F)(F)F)CC2=O)cc1. The van der Waals surface area contributed by atoms with Crippen molar-refractivity contribution in [1.82, 2.24) is 5.32 Å². The molecule has 3 rings (SSSR count). The quantitative estimate of drug-likeness (QED) is 0.845. The fourth-order valence-electron chi connectivity index (χ4n) is 3.13. The van der Waals surface area contributed by atoms with Crippen molar-refractivity contribution >= 4 is 17.5 Å². The number of carbonyl (C=O) groups excluding carboxylic acids is 2. The Morgan fingerprint density at radius 1 is 1.18 bits per heavy atom. The lowest BCUT2D eigenvalue weighted by Gasteiger charge is -2.18. The molecule has 2 aromatic carbocycles. The van der Waals surface area contributed by atoms with E-state index in [1.807, 2.05) is 6.92 Å². The molecule has 0 aliphatic carbocycles. The molecule has 1 heterocycles. The summed E-state index contributed by atoms with van der Waals surface area (Å²) in [5, 5.41) is 2.54. The lowest BCUT2D eigenvalue weighted by atomic mass is 10.1. The molecule has 0 saturated carbocycles. The van der Waals surface area contributed by atoms with Crippen molar-refractivity contribution in [3.63, 3.8) is 0 Å². The normalized spacial score (nSPS) is 16.9. The number of benzene rings is 2. The first-order valence-corrected chi connectivity index (χ1v) is 8.80. The van der Waals surface area contributed by atoms with Crippen molar-refractivity contribution in [2.75, 3.05) is 18.1 Å². The largest absolute Gasteiger partial charge is 0.494 e. The first-order valence-electron chi connectivity index (χ1n) is 8.80. The molecule has 1 aliphatic rings. The van der Waals surface area contributed by atoms with Crippen LogP contribution in [0.15, 0.2) is 48.5 Å². The van der Waals surface area contributed by atoms with Crippen LogP contribution in [0.3, 0.4) is 0 Å². The van der Waals surface area contributed by atoms with Gasteiger partial charge in [0.05, 0.1) is 23.8 Å². The van der Waals surface area contributed by atoms with Crippen LogP contribution >= 0.6 is 0 Å². The highest BCUT2D eigenvalue weighted by atomic mass is 19.4. The van der Waals surface area contributed by atoms with Gasteiger partial charge in [0, 0.05) is 18.7 Å². The second-order valence-electron chi connectivity index (χ2n) is 6.35. The van der Waals surface area contributed by atoms with Gasteiger partial charge in [-0.3, -0.25) is 9.59 Å². The number of halogens is 3. The van der Waals surface area contributed by atoms with Crippen molar-refractivity contribution in [1.29, 1.82) is 0 Å². The third-order valence-corrected chi connectivity index (χ3v) is 4.40. The van der Waals surface area contributed by atoms with Gasteiger partial charge in [0.15, 0.2) is 0 Å². The van der Waals surface area contributed by atoms with Crippen LogP contribution < -0.4 is 15.0 Å². The molecule has 0 unspecified atom stereocenters. The van der Waals surface area contributed by atoms with E-state index in [1.165, 1.54) is 17.0 Å². The van der Waals surface area contributed by atoms with Crippen LogP contribution in [0.5, 0.6) is 5.75 Å². The number of hydrogen-bond acceptors (Lipinski definition) is 3. The van der Waals surface area contributed by atoms with E-state index in [4.69, 9.17) is 4.74 Å². The van der Waals surface area contributed by atoms with Crippen molar-refractivity contribution in [2.24, 2.45) is 0 Å². The van der Waals surface area contributed by atoms with Crippen LogP contribution in [0.1, 0.15) is 29.3 Å². The molecule has 1 fully saturated rings. The maximum Gasteiger partial charge on any atom is 0.417 e. The molecule has 1 N–H and O–H groups in total. The van der Waals surface area contributed by atoms with E-state index >= 15 is 0 Å². The minimum absolute atomic E-state index is 0.0210. The minimum Gasteiger partial charge on any atom is -0.494 e. The molecule has 148 valence electrons. The van der Waals surface area contributed by atoms with Crippen LogP contribution in [0, 0.1) is 0 Å². The first kappa shape index (κ1) is 19.7. The molecule has 0 aromatic heterocycles. The fraction of sp³-hybridized carbons (Fsp3) is 0.300. The second-order valence-corrected chi connectivity index (χ2v) is 6.35. The number of hydrogen-bond donors (Lipinski definition) is 1. The highest BCUT2D eigenvalue weighted by Gasteiger charge is 2.36. The number of nitrogens with zero attached hydrogens (tertiary/aromatic N) is 1. The predicted molar refractivity (Wildman–Crippen MR) is 97.3 cm³/mol. The molecule has 5 nitrogen and oxygen atoms in total. The van der Waals surface area contributed by atoms with Gasteiger partial charge in [0.2, 0.25) is 5.91 Å². The van der Waals surface area contributed by atoms with Crippen LogP contribution in [-0.2, 0) is 11.0 Å². The van der Waals surface area contributed by atoms with E-state index in [-0.39, 0.29) is 18.9 Å². The van der Waals surface area contributed by atoms with Gasteiger partial charge in [-0.2, -0.15) is 13.2 Å². The summed E-state index contributed by atoms with van der Waals surface area (Å²) >= 11 is 0. The van der Waals surface area contributed by atoms with Crippen molar-refractivity contribution in [3.05, 3.63) is 59.7 Å². The fourth-order valence-corrected chi connectivity index (χ4v) is 3.13. The standard InChI is InChI=1S/C20H19F3N2O3/c1-2-28-15-9-7-14(8-10-15)25-12-13(11-18(25)26)24-19(27)16-5-3-4-6-17(16)20(21,22)23/h3-10,13H,2,11-12H2,1H3,(H,24,27)/t13-/m1/s1. The molecule has 1 aliphatic heterocycles. The Bertz CT molecular complexity index is 866. The highest BCUT2D eigenvalue weighted by Crippen LogP contribution is 2.32. The Morgan fingerprint density at radius 2 is 1.86 bits per heavy atom. The van der Waals surface area contributed by atoms with Gasteiger partial charge in [0.25, 0.3) is 5.91 Å². The first-order chi connectivity index (χ1) is 13.3. The van der Waals surface area contributed by atoms with E-state index in [2.05, 4.69) is 5.32 Å². The summed E-state index contributed by atoms with van der Waals surface area (Å²) < 4.78 is 44.7. The van der Waals surface area contributed by atoms with E-state index in [0.29, 0.717) is 18.0 Å². The number of anilines is 1. The van der Waals surface area contributed by atoms with Gasteiger partial charge in [-0.15, -0.1) is 0 Å². The van der Waals surface area contributed by atoms with Crippen LogP contribution in [-0.4, -0.2) is 31.0 Å². The number of rotatable bonds is 5. The number of carbonyl (C=O) groups is 2. The van der Waals surface area contributed by atoms with Gasteiger partial charge in [0.1, 0.15) is 5.75 Å². The maximum atomic E-state index is 13.1. The van der Waals surface area contributed by atoms with E-state index < -0.39 is 29.3 Å². The molecule has 2 amide bonds. The predicted octanol–water partition coefficient (Wildman–Crippen LogP) is 3.64. The summed E-state index contributed by atoms with van der Waals surface area (Å²) in [5.74, 6) is -0.385. The molecule has 28 heavy (non-hydrogen) atoms. The number of nitrogens with one attached hydrogen (secondary N) is 1. The van der Waals surface area contributed by atoms with Gasteiger partial charge < -0.3 is 15.0 Å². The van der Waals surface area contributed by atoms with Gasteiger partial charge in [-0.25, -0.2) is 0 Å². The minimum atomic E-state index is -4.63.